The van der Waals surface area contributed by atoms with Gasteiger partial charge in [0.15, 0.2) is 0 Å². The Kier molecular flexibility index (Phi) is 6.27. The average molecular weight is 270 g/mol. The Morgan fingerprint density at radius 2 is 2.05 bits per heavy atom. The summed E-state index contributed by atoms with van der Waals surface area (Å²) in [6.07, 6.45) is 4.25. The van der Waals surface area contributed by atoms with E-state index in [9.17, 15) is 10.1 Å². The Balaban J connectivity index is 2.57. The van der Waals surface area contributed by atoms with Crippen molar-refractivity contribution in [2.45, 2.75) is 39.0 Å². The number of hydrogen-bond acceptors (Lipinski definition) is 5. The lowest BCUT2D eigenvalue weighted by molar-refractivity contribution is -0.384. The zero-order valence-corrected chi connectivity index (χ0v) is 11.6. The fourth-order valence-electron chi connectivity index (χ4n) is 1.99. The van der Waals surface area contributed by atoms with Gasteiger partial charge in [-0.2, -0.15) is 5.10 Å². The zero-order chi connectivity index (χ0) is 14.3. The smallest absolute Gasteiger partial charge is 0.333 e. The van der Waals surface area contributed by atoms with E-state index in [1.807, 2.05) is 6.92 Å². The molecule has 0 atom stereocenters. The van der Waals surface area contributed by atoms with Crippen LogP contribution in [0.15, 0.2) is 0 Å². The number of nitrogens with zero attached hydrogens (tertiary/aromatic N) is 3. The molecule has 7 heteroatoms. The first-order chi connectivity index (χ1) is 9.11. The molecule has 0 aromatic carbocycles. The van der Waals surface area contributed by atoms with Crippen LogP contribution in [-0.4, -0.2) is 33.0 Å². The van der Waals surface area contributed by atoms with Crippen molar-refractivity contribution in [1.82, 2.24) is 9.78 Å². The Labute approximate surface area is 112 Å². The van der Waals surface area contributed by atoms with Crippen LogP contribution in [0.25, 0.3) is 0 Å². The first-order valence-electron chi connectivity index (χ1n) is 6.66. The molecular weight excluding hydrogens is 248 g/mol. The molecule has 0 radical (unpaired) electrons. The van der Waals surface area contributed by atoms with Crippen LogP contribution < -0.4 is 5.32 Å². The van der Waals surface area contributed by atoms with E-state index in [1.54, 1.807) is 7.05 Å². The van der Waals surface area contributed by atoms with E-state index in [0.717, 1.165) is 25.7 Å². The third-order valence-electron chi connectivity index (χ3n) is 2.99. The van der Waals surface area contributed by atoms with Gasteiger partial charge in [-0.25, -0.2) is 4.68 Å². The maximum absolute atomic E-state index is 11.1. The van der Waals surface area contributed by atoms with Crippen molar-refractivity contribution >= 4 is 11.5 Å². The van der Waals surface area contributed by atoms with Crippen LogP contribution in [0.2, 0.25) is 0 Å². The lowest BCUT2D eigenvalue weighted by Gasteiger charge is -2.05. The van der Waals surface area contributed by atoms with Gasteiger partial charge in [0.2, 0.25) is 5.82 Å². The third kappa shape index (κ3) is 4.20. The number of nitro groups is 1. The average Bonchev–Trinajstić information content (AvgIpc) is 2.70. The van der Waals surface area contributed by atoms with Crippen molar-refractivity contribution in [2.24, 2.45) is 7.05 Å². The topological polar surface area (TPSA) is 93.2 Å². The van der Waals surface area contributed by atoms with E-state index in [2.05, 4.69) is 10.4 Å². The highest BCUT2D eigenvalue weighted by atomic mass is 16.6. The Bertz CT molecular complexity index is 417. The molecule has 108 valence electrons. The van der Waals surface area contributed by atoms with Crippen molar-refractivity contribution in [2.75, 3.05) is 18.5 Å². The predicted molar refractivity (Wildman–Crippen MR) is 73.3 cm³/mol. The molecule has 0 saturated heterocycles. The minimum atomic E-state index is -0.375. The Morgan fingerprint density at radius 1 is 1.37 bits per heavy atom. The zero-order valence-electron chi connectivity index (χ0n) is 11.6. The highest BCUT2D eigenvalue weighted by molar-refractivity contribution is 5.59. The first-order valence-corrected chi connectivity index (χ1v) is 6.66. The van der Waals surface area contributed by atoms with Gasteiger partial charge in [0.1, 0.15) is 5.69 Å². The summed E-state index contributed by atoms with van der Waals surface area (Å²) in [5.74, 6) is 0.476. The van der Waals surface area contributed by atoms with Gasteiger partial charge in [0.05, 0.1) is 4.92 Å². The fourth-order valence-corrected chi connectivity index (χ4v) is 1.99. The van der Waals surface area contributed by atoms with Gasteiger partial charge in [-0.15, -0.1) is 0 Å². The van der Waals surface area contributed by atoms with E-state index >= 15 is 0 Å². The molecule has 2 N–H and O–H groups in total. The van der Waals surface area contributed by atoms with Crippen LogP contribution in [0.5, 0.6) is 0 Å². The lowest BCUT2D eigenvalue weighted by atomic mass is 10.2. The number of unbranched alkanes of at least 4 members (excludes halogenated alkanes) is 3. The van der Waals surface area contributed by atoms with Gasteiger partial charge in [-0.1, -0.05) is 19.8 Å². The van der Waals surface area contributed by atoms with Crippen molar-refractivity contribution in [1.29, 1.82) is 0 Å². The molecule has 0 aliphatic rings. The lowest BCUT2D eigenvalue weighted by Crippen LogP contribution is -2.08. The molecule has 7 nitrogen and oxygen atoms in total. The summed E-state index contributed by atoms with van der Waals surface area (Å²) in [5.41, 5.74) is 0.593. The number of aliphatic hydroxyl groups excluding tert-OH is 1. The van der Waals surface area contributed by atoms with Crippen molar-refractivity contribution in [3.8, 4) is 0 Å². The molecule has 19 heavy (non-hydrogen) atoms. The van der Waals surface area contributed by atoms with Gasteiger partial charge in [-0.3, -0.25) is 10.1 Å². The number of aliphatic hydroxyl groups is 1. The summed E-state index contributed by atoms with van der Waals surface area (Å²) in [7, 11) is 1.71. The quantitative estimate of drug-likeness (QED) is 0.406. The second-order valence-corrected chi connectivity index (χ2v) is 4.44. The number of hydrogen-bond donors (Lipinski definition) is 2. The molecule has 0 fully saturated rings. The van der Waals surface area contributed by atoms with Gasteiger partial charge < -0.3 is 10.4 Å². The molecular formula is C12H22N4O3. The second-order valence-electron chi connectivity index (χ2n) is 4.44. The van der Waals surface area contributed by atoms with E-state index in [-0.39, 0.29) is 17.2 Å². The van der Waals surface area contributed by atoms with Crippen LogP contribution in [0.3, 0.4) is 0 Å². The first kappa shape index (κ1) is 15.4. The minimum Gasteiger partial charge on any atom is -0.396 e. The number of aryl methyl sites for hydroxylation is 2. The van der Waals surface area contributed by atoms with Crippen molar-refractivity contribution in [3.63, 3.8) is 0 Å². The molecule has 0 aliphatic carbocycles. The van der Waals surface area contributed by atoms with Gasteiger partial charge in [0.25, 0.3) is 0 Å². The molecule has 1 aromatic heterocycles. The Hall–Kier alpha value is -1.63. The summed E-state index contributed by atoms with van der Waals surface area (Å²) in [6.45, 7) is 2.75. The van der Waals surface area contributed by atoms with Gasteiger partial charge in [0, 0.05) is 20.2 Å². The largest absolute Gasteiger partial charge is 0.396 e. The van der Waals surface area contributed by atoms with E-state index in [0.29, 0.717) is 24.5 Å². The van der Waals surface area contributed by atoms with Gasteiger partial charge in [-0.05, 0) is 19.3 Å². The number of aromatic nitrogens is 2. The monoisotopic (exact) mass is 270 g/mol. The Morgan fingerprint density at radius 3 is 2.63 bits per heavy atom. The van der Waals surface area contributed by atoms with Crippen molar-refractivity contribution in [3.05, 3.63) is 15.8 Å². The van der Waals surface area contributed by atoms with E-state index < -0.39 is 0 Å². The molecule has 0 amide bonds. The molecule has 0 unspecified atom stereocenters. The highest BCUT2D eigenvalue weighted by Crippen LogP contribution is 2.28. The van der Waals surface area contributed by atoms with Crippen LogP contribution in [-0.2, 0) is 13.5 Å². The van der Waals surface area contributed by atoms with Crippen LogP contribution in [0.1, 0.15) is 38.3 Å². The maximum atomic E-state index is 11.1. The highest BCUT2D eigenvalue weighted by Gasteiger charge is 2.24. The fraction of sp³-hybridized carbons (Fsp3) is 0.750. The molecule has 0 aliphatic heterocycles. The third-order valence-corrected chi connectivity index (χ3v) is 2.99. The number of nitrogens with one attached hydrogen (secondary N) is 1. The van der Waals surface area contributed by atoms with Crippen molar-refractivity contribution < 1.29 is 10.0 Å². The minimum absolute atomic E-state index is 0.0837. The standard InChI is InChI=1S/C12H22N4O3/c1-3-10-11(16(18)19)12(15(2)14-10)13-8-6-4-5-7-9-17/h13,17H,3-9H2,1-2H3. The van der Waals surface area contributed by atoms with Gasteiger partial charge >= 0.3 is 5.69 Å². The summed E-state index contributed by atoms with van der Waals surface area (Å²) in [6, 6.07) is 0. The molecule has 0 saturated carbocycles. The number of rotatable bonds is 9. The summed E-state index contributed by atoms with van der Waals surface area (Å²) in [5, 5.41) is 27.0. The normalized spacial score (nSPS) is 10.7. The second kappa shape index (κ2) is 7.73. The molecule has 0 bridgehead atoms. The predicted octanol–water partition coefficient (Wildman–Crippen LogP) is 1.86. The molecule has 1 rings (SSSR count). The molecule has 1 heterocycles. The SMILES string of the molecule is CCc1nn(C)c(NCCCCCCO)c1[N+](=O)[O-]. The summed E-state index contributed by atoms with van der Waals surface area (Å²) < 4.78 is 1.53. The number of anilines is 1. The van der Waals surface area contributed by atoms with Crippen LogP contribution in [0.4, 0.5) is 11.5 Å². The van der Waals surface area contributed by atoms with E-state index in [1.165, 1.54) is 4.68 Å². The molecule has 1 aromatic rings. The maximum Gasteiger partial charge on any atom is 0.333 e. The molecule has 0 spiro atoms. The van der Waals surface area contributed by atoms with Crippen LogP contribution >= 0.6 is 0 Å². The van der Waals surface area contributed by atoms with E-state index in [4.69, 9.17) is 5.11 Å². The van der Waals surface area contributed by atoms with Crippen LogP contribution in [0, 0.1) is 10.1 Å². The summed E-state index contributed by atoms with van der Waals surface area (Å²) in [4.78, 5) is 10.7. The summed E-state index contributed by atoms with van der Waals surface area (Å²) >= 11 is 0.